The summed E-state index contributed by atoms with van der Waals surface area (Å²) in [6.45, 7) is 5.69. The summed E-state index contributed by atoms with van der Waals surface area (Å²) >= 11 is 0. The molecule has 28 heavy (non-hydrogen) atoms. The molecule has 0 saturated heterocycles. The van der Waals surface area contributed by atoms with E-state index < -0.39 is 10.0 Å². The fourth-order valence-electron chi connectivity index (χ4n) is 2.90. The lowest BCUT2D eigenvalue weighted by molar-refractivity contribution is 0.416. The van der Waals surface area contributed by atoms with Gasteiger partial charge in [0.05, 0.1) is 29.6 Å². The Morgan fingerprint density at radius 1 is 0.929 bits per heavy atom. The zero-order valence-corrected chi connectivity index (χ0v) is 17.1. The third-order valence-corrected chi connectivity index (χ3v) is 5.77. The molecule has 6 nitrogen and oxygen atoms in total. The first-order valence-corrected chi connectivity index (χ1v) is 10.2. The second-order valence-electron chi connectivity index (χ2n) is 6.64. The van der Waals surface area contributed by atoms with Crippen molar-refractivity contribution in [2.45, 2.75) is 25.7 Å². The largest absolute Gasteiger partial charge is 0.495 e. The third-order valence-electron chi connectivity index (χ3n) is 4.26. The van der Waals surface area contributed by atoms with Crippen molar-refractivity contribution in [2.24, 2.45) is 0 Å². The van der Waals surface area contributed by atoms with E-state index in [-0.39, 0.29) is 10.7 Å². The number of benzene rings is 2. The minimum absolute atomic E-state index is 0.242. The molecule has 0 spiro atoms. The molecule has 3 rings (SSSR count). The van der Waals surface area contributed by atoms with E-state index in [4.69, 9.17) is 4.74 Å². The number of sulfonamides is 1. The molecular formula is C21H23N3O3S. The highest BCUT2D eigenvalue weighted by Crippen LogP contribution is 2.29. The van der Waals surface area contributed by atoms with Gasteiger partial charge >= 0.3 is 0 Å². The smallest absolute Gasteiger partial charge is 0.263 e. The quantitative estimate of drug-likeness (QED) is 0.637. The molecule has 7 heteroatoms. The van der Waals surface area contributed by atoms with Crippen LogP contribution in [0, 0.1) is 20.8 Å². The van der Waals surface area contributed by atoms with Gasteiger partial charge in [-0.05, 0) is 62.2 Å². The van der Waals surface area contributed by atoms with Gasteiger partial charge in [0.1, 0.15) is 11.6 Å². The number of pyridine rings is 1. The Morgan fingerprint density at radius 2 is 1.64 bits per heavy atom. The van der Waals surface area contributed by atoms with Crippen molar-refractivity contribution in [3.8, 4) is 5.75 Å². The zero-order chi connectivity index (χ0) is 20.3. The van der Waals surface area contributed by atoms with Crippen LogP contribution in [0.25, 0.3) is 0 Å². The monoisotopic (exact) mass is 397 g/mol. The topological polar surface area (TPSA) is 80.3 Å². The van der Waals surface area contributed by atoms with Crippen LogP contribution >= 0.6 is 0 Å². The Morgan fingerprint density at radius 3 is 2.29 bits per heavy atom. The number of hydrogen-bond acceptors (Lipinski definition) is 5. The number of ether oxygens (including phenoxy) is 1. The lowest BCUT2D eigenvalue weighted by atomic mass is 10.2. The fraction of sp³-hybridized carbons (Fsp3) is 0.190. The molecule has 1 heterocycles. The summed E-state index contributed by atoms with van der Waals surface area (Å²) in [7, 11) is -2.09. The molecule has 2 N–H and O–H groups in total. The van der Waals surface area contributed by atoms with Gasteiger partial charge in [0.2, 0.25) is 0 Å². The van der Waals surface area contributed by atoms with Crippen LogP contribution < -0.4 is 14.8 Å². The summed E-state index contributed by atoms with van der Waals surface area (Å²) in [5, 5.41) is 3.24. The maximum atomic E-state index is 12.6. The van der Waals surface area contributed by atoms with E-state index in [2.05, 4.69) is 15.0 Å². The van der Waals surface area contributed by atoms with Crippen molar-refractivity contribution in [3.63, 3.8) is 0 Å². The van der Waals surface area contributed by atoms with Crippen LogP contribution in [0.1, 0.15) is 16.7 Å². The molecule has 2 aromatic carbocycles. The van der Waals surface area contributed by atoms with E-state index in [9.17, 15) is 8.42 Å². The van der Waals surface area contributed by atoms with Crippen LogP contribution in [-0.4, -0.2) is 20.5 Å². The first kappa shape index (κ1) is 19.7. The van der Waals surface area contributed by atoms with Gasteiger partial charge in [0.15, 0.2) is 0 Å². The molecular weight excluding hydrogens is 374 g/mol. The fourth-order valence-corrected chi connectivity index (χ4v) is 4.13. The number of nitrogens with zero attached hydrogens (tertiary/aromatic N) is 1. The average Bonchev–Trinajstić information content (AvgIpc) is 2.63. The molecule has 1 aromatic heterocycles. The van der Waals surface area contributed by atoms with Gasteiger partial charge < -0.3 is 10.1 Å². The summed E-state index contributed by atoms with van der Waals surface area (Å²) in [6.07, 6.45) is 1.57. The minimum Gasteiger partial charge on any atom is -0.495 e. The Labute approximate surface area is 165 Å². The maximum Gasteiger partial charge on any atom is 0.263 e. The van der Waals surface area contributed by atoms with Crippen molar-refractivity contribution in [1.82, 2.24) is 4.98 Å². The van der Waals surface area contributed by atoms with E-state index in [1.165, 1.54) is 0 Å². The van der Waals surface area contributed by atoms with Crippen LogP contribution in [-0.2, 0) is 10.0 Å². The molecule has 3 aromatic rings. The van der Waals surface area contributed by atoms with Gasteiger partial charge in [-0.3, -0.25) is 4.72 Å². The molecule has 0 saturated carbocycles. The molecule has 0 bridgehead atoms. The predicted molar refractivity (Wildman–Crippen MR) is 112 cm³/mol. The number of aryl methyl sites for hydroxylation is 3. The van der Waals surface area contributed by atoms with Crippen molar-refractivity contribution in [3.05, 3.63) is 71.4 Å². The number of hydrogen-bond donors (Lipinski definition) is 2. The van der Waals surface area contributed by atoms with Crippen LogP contribution in [0.4, 0.5) is 17.2 Å². The SMILES string of the molecule is COc1ccc(C)cc1Nc1ccc(NS(=O)(=O)c2ccc(C)cc2C)nc1. The molecule has 0 amide bonds. The normalized spacial score (nSPS) is 11.1. The molecule has 0 aliphatic rings. The highest BCUT2D eigenvalue weighted by atomic mass is 32.2. The summed E-state index contributed by atoms with van der Waals surface area (Å²) in [5.41, 5.74) is 4.33. The molecule has 0 aliphatic carbocycles. The number of rotatable bonds is 6. The van der Waals surface area contributed by atoms with Crippen molar-refractivity contribution in [1.29, 1.82) is 0 Å². The molecule has 0 fully saturated rings. The molecule has 146 valence electrons. The highest BCUT2D eigenvalue weighted by Gasteiger charge is 2.17. The Hall–Kier alpha value is -3.06. The summed E-state index contributed by atoms with van der Waals surface area (Å²) < 4.78 is 33.2. The van der Waals surface area contributed by atoms with Gasteiger partial charge in [0, 0.05) is 0 Å². The van der Waals surface area contributed by atoms with Gasteiger partial charge in [-0.2, -0.15) is 0 Å². The van der Waals surface area contributed by atoms with Crippen LogP contribution in [0.15, 0.2) is 59.6 Å². The average molecular weight is 398 g/mol. The second-order valence-corrected chi connectivity index (χ2v) is 8.29. The van der Waals surface area contributed by atoms with Gasteiger partial charge in [-0.25, -0.2) is 13.4 Å². The number of nitrogens with one attached hydrogen (secondary N) is 2. The first-order valence-electron chi connectivity index (χ1n) is 8.76. The second kappa shape index (κ2) is 7.90. The van der Waals surface area contributed by atoms with E-state index >= 15 is 0 Å². The minimum atomic E-state index is -3.70. The van der Waals surface area contributed by atoms with Crippen molar-refractivity contribution in [2.75, 3.05) is 17.1 Å². The standard InChI is InChI=1S/C21H23N3O3S/c1-14-6-9-20(16(3)11-14)28(25,26)24-21-10-7-17(13-22-21)23-18-12-15(2)5-8-19(18)27-4/h5-13,23H,1-4H3,(H,22,24). The Bertz CT molecular complexity index is 1090. The predicted octanol–water partition coefficient (Wildman–Crippen LogP) is 4.56. The Balaban J connectivity index is 1.79. The first-order chi connectivity index (χ1) is 13.3. The van der Waals surface area contributed by atoms with Crippen LogP contribution in [0.3, 0.4) is 0 Å². The number of anilines is 3. The van der Waals surface area contributed by atoms with Gasteiger partial charge in [0.25, 0.3) is 10.0 Å². The summed E-state index contributed by atoms with van der Waals surface area (Å²) in [4.78, 5) is 4.46. The van der Waals surface area contributed by atoms with Gasteiger partial charge in [-0.15, -0.1) is 0 Å². The third kappa shape index (κ3) is 4.43. The van der Waals surface area contributed by atoms with Crippen LogP contribution in [0.5, 0.6) is 5.75 Å². The lowest BCUT2D eigenvalue weighted by Crippen LogP contribution is -2.15. The number of aromatic nitrogens is 1. The van der Waals surface area contributed by atoms with Gasteiger partial charge in [-0.1, -0.05) is 23.8 Å². The molecule has 0 radical (unpaired) electrons. The van der Waals surface area contributed by atoms with E-state index in [1.807, 2.05) is 38.1 Å². The van der Waals surface area contributed by atoms with E-state index in [0.717, 1.165) is 22.5 Å². The Kier molecular flexibility index (Phi) is 5.56. The summed E-state index contributed by atoms with van der Waals surface area (Å²) in [6, 6.07) is 14.4. The van der Waals surface area contributed by atoms with Crippen LogP contribution in [0.2, 0.25) is 0 Å². The van der Waals surface area contributed by atoms with E-state index in [0.29, 0.717) is 11.3 Å². The van der Waals surface area contributed by atoms with Crippen molar-refractivity contribution < 1.29 is 13.2 Å². The maximum absolute atomic E-state index is 12.6. The summed E-state index contributed by atoms with van der Waals surface area (Å²) in [5.74, 6) is 0.965. The molecule has 0 unspecified atom stereocenters. The molecule has 0 atom stereocenters. The molecule has 0 aliphatic heterocycles. The highest BCUT2D eigenvalue weighted by molar-refractivity contribution is 7.92. The zero-order valence-electron chi connectivity index (χ0n) is 16.3. The number of methoxy groups -OCH3 is 1. The van der Waals surface area contributed by atoms with E-state index in [1.54, 1.807) is 44.5 Å². The van der Waals surface area contributed by atoms with Crippen molar-refractivity contribution >= 4 is 27.2 Å². The lowest BCUT2D eigenvalue weighted by Gasteiger charge is -2.13.